The summed E-state index contributed by atoms with van der Waals surface area (Å²) in [5.41, 5.74) is 4.90. The predicted octanol–water partition coefficient (Wildman–Crippen LogP) is 3.58. The zero-order valence-electron chi connectivity index (χ0n) is 10.3. The van der Waals surface area contributed by atoms with Crippen LogP contribution in [0.25, 0.3) is 0 Å². The Morgan fingerprint density at radius 1 is 1.00 bits per heavy atom. The molecule has 0 saturated heterocycles. The van der Waals surface area contributed by atoms with Crippen molar-refractivity contribution in [1.82, 2.24) is 0 Å². The van der Waals surface area contributed by atoms with Crippen molar-refractivity contribution >= 4 is 17.1 Å². The molecule has 0 radical (unpaired) electrons. The van der Waals surface area contributed by atoms with E-state index in [2.05, 4.69) is 5.32 Å². The summed E-state index contributed by atoms with van der Waals surface area (Å²) in [4.78, 5) is 0. The topological polar surface area (TPSA) is 47.3 Å². The number of hydrogen-bond donors (Lipinski definition) is 2. The lowest BCUT2D eigenvalue weighted by molar-refractivity contribution is 0.415. The lowest BCUT2D eigenvalue weighted by atomic mass is 10.2. The van der Waals surface area contributed by atoms with Crippen molar-refractivity contribution in [1.29, 1.82) is 0 Å². The molecule has 2 rings (SSSR count). The summed E-state index contributed by atoms with van der Waals surface area (Å²) in [5, 5.41) is 2.23. The maximum absolute atomic E-state index is 13.5. The highest BCUT2D eigenvalue weighted by atomic mass is 19.2. The fourth-order valence-electron chi connectivity index (χ4n) is 1.60. The van der Waals surface area contributed by atoms with Gasteiger partial charge in [0.25, 0.3) is 0 Å². The van der Waals surface area contributed by atoms with Gasteiger partial charge in [0.1, 0.15) is 11.4 Å². The number of ether oxygens (including phenoxy) is 1. The number of halogens is 4. The third-order valence-electron chi connectivity index (χ3n) is 2.63. The van der Waals surface area contributed by atoms with E-state index in [1.54, 1.807) is 0 Å². The van der Waals surface area contributed by atoms with Crippen LogP contribution >= 0.6 is 0 Å². The van der Waals surface area contributed by atoms with Crippen molar-refractivity contribution in [2.75, 3.05) is 18.2 Å². The molecule has 20 heavy (non-hydrogen) atoms. The lowest BCUT2D eigenvalue weighted by Crippen LogP contribution is -2.04. The van der Waals surface area contributed by atoms with E-state index in [0.717, 1.165) is 0 Å². The van der Waals surface area contributed by atoms with Crippen LogP contribution in [0.15, 0.2) is 24.3 Å². The van der Waals surface area contributed by atoms with Crippen molar-refractivity contribution < 1.29 is 22.3 Å². The van der Waals surface area contributed by atoms with Crippen molar-refractivity contribution in [3.05, 3.63) is 47.5 Å². The van der Waals surface area contributed by atoms with Crippen molar-refractivity contribution in [2.24, 2.45) is 0 Å². The second-order valence-electron chi connectivity index (χ2n) is 3.92. The first-order valence-electron chi connectivity index (χ1n) is 5.47. The summed E-state index contributed by atoms with van der Waals surface area (Å²) >= 11 is 0. The fourth-order valence-corrected chi connectivity index (χ4v) is 1.60. The smallest absolute Gasteiger partial charge is 0.185 e. The van der Waals surface area contributed by atoms with Crippen LogP contribution in [-0.2, 0) is 0 Å². The van der Waals surface area contributed by atoms with E-state index in [9.17, 15) is 17.6 Å². The minimum atomic E-state index is -1.53. The minimum absolute atomic E-state index is 0.0913. The molecule has 0 bridgehead atoms. The van der Waals surface area contributed by atoms with Gasteiger partial charge >= 0.3 is 0 Å². The molecular formula is C13H10F4N2O. The van der Waals surface area contributed by atoms with E-state index in [4.69, 9.17) is 10.5 Å². The molecule has 7 heteroatoms. The Labute approximate surface area is 112 Å². The molecule has 0 saturated carbocycles. The summed E-state index contributed by atoms with van der Waals surface area (Å²) in [5.74, 6) is -5.63. The fraction of sp³-hybridized carbons (Fsp3) is 0.0769. The quantitative estimate of drug-likeness (QED) is 0.515. The summed E-state index contributed by atoms with van der Waals surface area (Å²) < 4.78 is 58.0. The normalized spacial score (nSPS) is 10.4. The van der Waals surface area contributed by atoms with Crippen LogP contribution in [-0.4, -0.2) is 7.11 Å². The van der Waals surface area contributed by atoms with E-state index in [1.807, 2.05) is 0 Å². The zero-order chi connectivity index (χ0) is 14.9. The number of nitrogens with one attached hydrogen (secondary N) is 1. The molecule has 3 nitrogen and oxygen atoms in total. The Hall–Kier alpha value is -2.44. The van der Waals surface area contributed by atoms with Gasteiger partial charge in [-0.1, -0.05) is 0 Å². The van der Waals surface area contributed by atoms with E-state index in [-0.39, 0.29) is 17.4 Å². The number of anilines is 3. The molecule has 0 aromatic heterocycles. The van der Waals surface area contributed by atoms with Gasteiger partial charge in [0.05, 0.1) is 18.5 Å². The number of rotatable bonds is 3. The van der Waals surface area contributed by atoms with Gasteiger partial charge in [0.2, 0.25) is 0 Å². The third kappa shape index (κ3) is 2.47. The van der Waals surface area contributed by atoms with Crippen molar-refractivity contribution in [3.63, 3.8) is 0 Å². The molecule has 2 aromatic rings. The summed E-state index contributed by atoms with van der Waals surface area (Å²) in [6.07, 6.45) is 0. The zero-order valence-corrected chi connectivity index (χ0v) is 10.3. The number of methoxy groups -OCH3 is 1. The van der Waals surface area contributed by atoms with E-state index >= 15 is 0 Å². The van der Waals surface area contributed by atoms with Gasteiger partial charge in [-0.15, -0.1) is 0 Å². The van der Waals surface area contributed by atoms with Gasteiger partial charge in [0.15, 0.2) is 23.3 Å². The Morgan fingerprint density at radius 2 is 1.60 bits per heavy atom. The van der Waals surface area contributed by atoms with Gasteiger partial charge in [-0.3, -0.25) is 0 Å². The van der Waals surface area contributed by atoms with Gasteiger partial charge in [0, 0.05) is 12.1 Å². The average Bonchev–Trinajstić information content (AvgIpc) is 2.42. The van der Waals surface area contributed by atoms with Gasteiger partial charge in [-0.25, -0.2) is 17.6 Å². The summed E-state index contributed by atoms with van der Waals surface area (Å²) in [6.45, 7) is 0. The molecule has 0 spiro atoms. The molecule has 0 aliphatic carbocycles. The highest BCUT2D eigenvalue weighted by Gasteiger charge is 2.19. The number of nitrogens with two attached hydrogens (primary N) is 1. The lowest BCUT2D eigenvalue weighted by Gasteiger charge is -2.12. The molecule has 0 aliphatic heterocycles. The number of nitrogen functional groups attached to an aromatic ring is 1. The molecule has 0 heterocycles. The second kappa shape index (κ2) is 5.28. The molecular weight excluding hydrogens is 276 g/mol. The van der Waals surface area contributed by atoms with E-state index < -0.39 is 29.0 Å². The average molecular weight is 286 g/mol. The van der Waals surface area contributed by atoms with Gasteiger partial charge in [-0.2, -0.15) is 0 Å². The maximum Gasteiger partial charge on any atom is 0.185 e. The Kier molecular flexibility index (Phi) is 3.69. The van der Waals surface area contributed by atoms with Crippen LogP contribution in [0.1, 0.15) is 0 Å². The van der Waals surface area contributed by atoms with E-state index in [0.29, 0.717) is 5.75 Å². The molecule has 106 valence electrons. The molecule has 0 aliphatic rings. The predicted molar refractivity (Wildman–Crippen MR) is 67.0 cm³/mol. The van der Waals surface area contributed by atoms with Crippen molar-refractivity contribution in [2.45, 2.75) is 0 Å². The highest BCUT2D eigenvalue weighted by molar-refractivity contribution is 5.74. The highest BCUT2D eigenvalue weighted by Crippen LogP contribution is 2.31. The molecule has 0 fully saturated rings. The number of hydrogen-bond acceptors (Lipinski definition) is 3. The van der Waals surface area contributed by atoms with Gasteiger partial charge in [-0.05, 0) is 12.1 Å². The largest absolute Gasteiger partial charge is 0.497 e. The summed E-state index contributed by atoms with van der Waals surface area (Å²) in [7, 11) is 1.42. The first-order valence-corrected chi connectivity index (χ1v) is 5.47. The monoisotopic (exact) mass is 286 g/mol. The Bertz CT molecular complexity index is 635. The molecule has 2 aromatic carbocycles. The Morgan fingerprint density at radius 3 is 2.10 bits per heavy atom. The molecule has 0 atom stereocenters. The van der Waals surface area contributed by atoms with Crippen LogP contribution in [0.5, 0.6) is 5.75 Å². The SMILES string of the molecule is COc1ccc(Nc2c(F)c(F)cc(F)c2F)c(N)c1. The molecule has 3 N–H and O–H groups in total. The summed E-state index contributed by atoms with van der Waals surface area (Å²) in [6, 6.07) is 4.38. The van der Waals surface area contributed by atoms with Crippen LogP contribution in [0.3, 0.4) is 0 Å². The first-order chi connectivity index (χ1) is 9.43. The van der Waals surface area contributed by atoms with Gasteiger partial charge < -0.3 is 15.8 Å². The first kappa shape index (κ1) is 14.0. The second-order valence-corrected chi connectivity index (χ2v) is 3.92. The van der Waals surface area contributed by atoms with Crippen molar-refractivity contribution in [3.8, 4) is 5.75 Å². The molecule has 0 unspecified atom stereocenters. The molecule has 0 amide bonds. The Balaban J connectivity index is 2.45. The van der Waals surface area contributed by atoms with Crippen LogP contribution < -0.4 is 15.8 Å². The van der Waals surface area contributed by atoms with Crippen LogP contribution in [0.2, 0.25) is 0 Å². The standard InChI is InChI=1S/C13H10F4N2O/c1-20-6-2-3-10(9(18)4-6)19-13-11(16)7(14)5-8(15)12(13)17/h2-5,19H,18H2,1H3. The minimum Gasteiger partial charge on any atom is -0.497 e. The maximum atomic E-state index is 13.5. The van der Waals surface area contributed by atoms with Crippen LogP contribution in [0, 0.1) is 23.3 Å². The third-order valence-corrected chi connectivity index (χ3v) is 2.63. The van der Waals surface area contributed by atoms with Crippen LogP contribution in [0.4, 0.5) is 34.6 Å². The number of benzene rings is 2. The van der Waals surface area contributed by atoms with E-state index in [1.165, 1.54) is 25.3 Å².